The monoisotopic (exact) mass is 269 g/mol. The fourth-order valence-corrected chi connectivity index (χ4v) is 2.19. The molecule has 0 bridgehead atoms. The van der Waals surface area contributed by atoms with Crippen LogP contribution in [0.2, 0.25) is 0 Å². The number of nitrogens with zero attached hydrogens (tertiary/aromatic N) is 1. The molecule has 2 aromatic rings. The molecule has 0 spiro atoms. The maximum atomic E-state index is 6.39. The Morgan fingerprint density at radius 2 is 1.74 bits per heavy atom. The molecular weight excluding hydrogens is 258 g/mol. The zero-order chi connectivity index (χ0) is 13.1. The molecule has 3 heteroatoms. The molecule has 2 nitrogen and oxygen atoms in total. The summed E-state index contributed by atoms with van der Waals surface area (Å²) in [6.07, 6.45) is 1.77. The van der Waals surface area contributed by atoms with E-state index in [4.69, 9.17) is 16.3 Å². The van der Waals surface area contributed by atoms with E-state index in [1.54, 1.807) is 6.21 Å². The second-order valence-corrected chi connectivity index (χ2v) is 4.60. The Kier molecular flexibility index (Phi) is 3.34. The van der Waals surface area contributed by atoms with Crippen molar-refractivity contribution in [2.45, 2.75) is 0 Å². The van der Waals surface area contributed by atoms with Gasteiger partial charge in [-0.2, -0.15) is 0 Å². The van der Waals surface area contributed by atoms with E-state index in [9.17, 15) is 0 Å². The Bertz CT molecular complexity index is 647. The smallest absolute Gasteiger partial charge is 0.128 e. The highest BCUT2D eigenvalue weighted by Gasteiger charge is 2.16. The van der Waals surface area contributed by atoms with Crippen LogP contribution >= 0.6 is 11.6 Å². The van der Waals surface area contributed by atoms with Crippen LogP contribution in [0.5, 0.6) is 5.75 Å². The minimum atomic E-state index is 0.451. The molecule has 19 heavy (non-hydrogen) atoms. The van der Waals surface area contributed by atoms with Gasteiger partial charge in [0.25, 0.3) is 0 Å². The number of rotatable bonds is 2. The van der Waals surface area contributed by atoms with E-state index in [-0.39, 0.29) is 0 Å². The van der Waals surface area contributed by atoms with E-state index in [1.807, 2.05) is 54.6 Å². The first-order valence-corrected chi connectivity index (χ1v) is 6.42. The molecule has 1 heterocycles. The van der Waals surface area contributed by atoms with Crippen molar-refractivity contribution in [3.8, 4) is 5.75 Å². The summed E-state index contributed by atoms with van der Waals surface area (Å²) in [6.45, 7) is 0.451. The third-order valence-electron chi connectivity index (χ3n) is 2.91. The maximum Gasteiger partial charge on any atom is 0.128 e. The molecule has 0 atom stereocenters. The Morgan fingerprint density at radius 3 is 2.58 bits per heavy atom. The molecule has 0 N–H and O–H groups in total. The van der Waals surface area contributed by atoms with Crippen molar-refractivity contribution in [1.82, 2.24) is 0 Å². The zero-order valence-corrected chi connectivity index (χ0v) is 11.0. The molecule has 0 fully saturated rings. The zero-order valence-electron chi connectivity index (χ0n) is 10.2. The molecule has 0 radical (unpaired) electrons. The van der Waals surface area contributed by atoms with Gasteiger partial charge in [-0.15, -0.1) is 0 Å². The van der Waals surface area contributed by atoms with Gasteiger partial charge in [-0.3, -0.25) is 4.99 Å². The van der Waals surface area contributed by atoms with Gasteiger partial charge in [-0.1, -0.05) is 41.9 Å². The highest BCUT2D eigenvalue weighted by molar-refractivity contribution is 6.51. The van der Waals surface area contributed by atoms with Gasteiger partial charge in [-0.05, 0) is 24.3 Å². The number of hydrogen-bond donors (Lipinski definition) is 0. The summed E-state index contributed by atoms with van der Waals surface area (Å²) in [5.41, 5.74) is 2.72. The molecule has 0 saturated heterocycles. The van der Waals surface area contributed by atoms with E-state index in [1.165, 1.54) is 0 Å². The fourth-order valence-electron chi connectivity index (χ4n) is 1.93. The van der Waals surface area contributed by atoms with Crippen LogP contribution < -0.4 is 4.74 Å². The first-order chi connectivity index (χ1) is 9.34. The highest BCUT2D eigenvalue weighted by Crippen LogP contribution is 2.34. The number of halogens is 1. The topological polar surface area (TPSA) is 21.6 Å². The van der Waals surface area contributed by atoms with Crippen molar-refractivity contribution < 1.29 is 4.74 Å². The first kappa shape index (κ1) is 12.0. The Morgan fingerprint density at radius 1 is 1.00 bits per heavy atom. The van der Waals surface area contributed by atoms with E-state index >= 15 is 0 Å². The molecule has 3 rings (SSSR count). The minimum Gasteiger partial charge on any atom is -0.488 e. The summed E-state index contributed by atoms with van der Waals surface area (Å²) >= 11 is 6.39. The summed E-state index contributed by atoms with van der Waals surface area (Å²) < 4.78 is 5.66. The van der Waals surface area contributed by atoms with Gasteiger partial charge in [0.2, 0.25) is 0 Å². The van der Waals surface area contributed by atoms with Crippen molar-refractivity contribution in [3.63, 3.8) is 0 Å². The van der Waals surface area contributed by atoms with Crippen molar-refractivity contribution in [1.29, 1.82) is 0 Å². The minimum absolute atomic E-state index is 0.451. The van der Waals surface area contributed by atoms with Gasteiger partial charge in [0.05, 0.1) is 10.7 Å². The van der Waals surface area contributed by atoms with Crippen LogP contribution in [0, 0.1) is 0 Å². The molecule has 94 valence electrons. The summed E-state index contributed by atoms with van der Waals surface area (Å²) in [7, 11) is 0. The van der Waals surface area contributed by atoms with Crippen LogP contribution in [-0.2, 0) is 0 Å². The van der Waals surface area contributed by atoms with E-state index in [0.717, 1.165) is 22.6 Å². The molecule has 1 aliphatic heterocycles. The van der Waals surface area contributed by atoms with Gasteiger partial charge in [0, 0.05) is 17.4 Å². The molecule has 0 unspecified atom stereocenters. The lowest BCUT2D eigenvalue weighted by Crippen LogP contribution is -2.10. The summed E-state index contributed by atoms with van der Waals surface area (Å²) in [4.78, 5) is 4.41. The van der Waals surface area contributed by atoms with Crippen LogP contribution in [-0.4, -0.2) is 12.8 Å². The van der Waals surface area contributed by atoms with Crippen molar-refractivity contribution in [2.75, 3.05) is 6.61 Å². The Hall–Kier alpha value is -2.06. The van der Waals surface area contributed by atoms with Crippen LogP contribution in [0.15, 0.2) is 65.2 Å². The average molecular weight is 270 g/mol. The standard InChI is InChI=1S/C16H12ClNO/c17-16-12(10-18-13-6-2-1-3-7-13)11-19-15-9-5-4-8-14(15)16/h1-10H,11H2. The largest absolute Gasteiger partial charge is 0.488 e. The maximum absolute atomic E-state index is 6.39. The summed E-state index contributed by atoms with van der Waals surface area (Å²) in [5, 5.41) is 0.710. The highest BCUT2D eigenvalue weighted by atomic mass is 35.5. The Balaban J connectivity index is 1.92. The number of aliphatic imine (C=N–C) groups is 1. The van der Waals surface area contributed by atoms with E-state index in [0.29, 0.717) is 11.6 Å². The number of benzene rings is 2. The van der Waals surface area contributed by atoms with E-state index in [2.05, 4.69) is 4.99 Å². The number of ether oxygens (including phenoxy) is 1. The van der Waals surface area contributed by atoms with Gasteiger partial charge in [0.1, 0.15) is 12.4 Å². The lowest BCUT2D eigenvalue weighted by molar-refractivity contribution is 0.353. The molecular formula is C16H12ClNO. The van der Waals surface area contributed by atoms with Crippen LogP contribution in [0.4, 0.5) is 5.69 Å². The second-order valence-electron chi connectivity index (χ2n) is 4.22. The average Bonchev–Trinajstić information content (AvgIpc) is 2.48. The van der Waals surface area contributed by atoms with Gasteiger partial charge in [-0.25, -0.2) is 0 Å². The quantitative estimate of drug-likeness (QED) is 0.739. The fraction of sp³-hybridized carbons (Fsp3) is 0.0625. The molecule has 0 aromatic heterocycles. The third-order valence-corrected chi connectivity index (χ3v) is 3.36. The predicted molar refractivity (Wildman–Crippen MR) is 79.3 cm³/mol. The summed E-state index contributed by atoms with van der Waals surface area (Å²) in [5.74, 6) is 0.823. The second kappa shape index (κ2) is 5.29. The van der Waals surface area contributed by atoms with Crippen LogP contribution in [0.25, 0.3) is 5.03 Å². The lowest BCUT2D eigenvalue weighted by Gasteiger charge is -2.18. The lowest BCUT2D eigenvalue weighted by atomic mass is 10.1. The number of fused-ring (bicyclic) bond motifs is 1. The van der Waals surface area contributed by atoms with Crippen LogP contribution in [0.3, 0.4) is 0 Å². The summed E-state index contributed by atoms with van der Waals surface area (Å²) in [6, 6.07) is 17.5. The first-order valence-electron chi connectivity index (χ1n) is 6.04. The van der Waals surface area contributed by atoms with Crippen molar-refractivity contribution in [2.24, 2.45) is 4.99 Å². The normalized spacial score (nSPS) is 14.4. The van der Waals surface area contributed by atoms with E-state index < -0.39 is 0 Å². The molecule has 0 saturated carbocycles. The van der Waals surface area contributed by atoms with Gasteiger partial charge >= 0.3 is 0 Å². The van der Waals surface area contributed by atoms with Crippen molar-refractivity contribution in [3.05, 3.63) is 65.7 Å². The number of para-hydroxylation sites is 2. The SMILES string of the molecule is ClC1=C(C=Nc2ccccc2)COc2ccccc21. The van der Waals surface area contributed by atoms with Gasteiger partial charge < -0.3 is 4.74 Å². The molecule has 1 aliphatic rings. The van der Waals surface area contributed by atoms with Crippen molar-refractivity contribution >= 4 is 28.5 Å². The van der Waals surface area contributed by atoms with Gasteiger partial charge in [0.15, 0.2) is 0 Å². The predicted octanol–water partition coefficient (Wildman–Crippen LogP) is 4.43. The molecule has 0 amide bonds. The van der Waals surface area contributed by atoms with Crippen LogP contribution in [0.1, 0.15) is 5.56 Å². The third kappa shape index (κ3) is 2.54. The molecule has 0 aliphatic carbocycles. The Labute approximate surface area is 117 Å². The molecule has 2 aromatic carbocycles. The number of hydrogen-bond acceptors (Lipinski definition) is 2.